The average molecular weight is 272 g/mol. The third-order valence-electron chi connectivity index (χ3n) is 2.86. The van der Waals surface area contributed by atoms with E-state index in [9.17, 15) is 8.42 Å². The number of aromatic nitrogens is 2. The van der Waals surface area contributed by atoms with Crippen molar-refractivity contribution in [3.8, 4) is 0 Å². The van der Waals surface area contributed by atoms with E-state index in [1.807, 2.05) is 20.8 Å². The summed E-state index contributed by atoms with van der Waals surface area (Å²) in [6, 6.07) is 0. The molecule has 18 heavy (non-hydrogen) atoms. The molecule has 1 rings (SSSR count). The summed E-state index contributed by atoms with van der Waals surface area (Å²) in [5.74, 6) is 0.392. The molecule has 1 aromatic heterocycles. The van der Waals surface area contributed by atoms with E-state index in [2.05, 4.69) is 20.0 Å². The Labute approximate surface area is 108 Å². The van der Waals surface area contributed by atoms with Gasteiger partial charge in [-0.3, -0.25) is 0 Å². The van der Waals surface area contributed by atoms with E-state index in [1.54, 1.807) is 7.05 Å². The van der Waals surface area contributed by atoms with Gasteiger partial charge in [0.2, 0.25) is 16.0 Å². The lowest BCUT2D eigenvalue weighted by Crippen LogP contribution is -2.33. The summed E-state index contributed by atoms with van der Waals surface area (Å²) in [4.78, 5) is 7.85. The maximum absolute atomic E-state index is 12.0. The summed E-state index contributed by atoms with van der Waals surface area (Å²) in [5, 5.41) is 2.73. The summed E-state index contributed by atoms with van der Waals surface area (Å²) in [6.07, 6.45) is 3.48. The van der Waals surface area contributed by atoms with Gasteiger partial charge in [-0.25, -0.2) is 23.1 Å². The monoisotopic (exact) mass is 272 g/mol. The van der Waals surface area contributed by atoms with Crippen molar-refractivity contribution in [2.45, 2.75) is 32.1 Å². The zero-order chi connectivity index (χ0) is 13.8. The van der Waals surface area contributed by atoms with Crippen LogP contribution in [-0.2, 0) is 10.0 Å². The Hall–Kier alpha value is -1.21. The molecular formula is C11H20N4O2S. The highest BCUT2D eigenvalue weighted by molar-refractivity contribution is 7.89. The Morgan fingerprint density at radius 2 is 1.83 bits per heavy atom. The van der Waals surface area contributed by atoms with E-state index < -0.39 is 10.0 Å². The van der Waals surface area contributed by atoms with Crippen molar-refractivity contribution in [3.05, 3.63) is 12.4 Å². The van der Waals surface area contributed by atoms with Crippen LogP contribution in [0.1, 0.15) is 27.2 Å². The highest BCUT2D eigenvalue weighted by Gasteiger charge is 2.21. The predicted octanol–water partition coefficient (Wildman–Crippen LogP) is 1.23. The van der Waals surface area contributed by atoms with Gasteiger partial charge in [0.15, 0.2) is 0 Å². The van der Waals surface area contributed by atoms with Gasteiger partial charge in [0.25, 0.3) is 0 Å². The molecule has 0 amide bonds. The van der Waals surface area contributed by atoms with Crippen LogP contribution in [0.5, 0.6) is 0 Å². The van der Waals surface area contributed by atoms with Gasteiger partial charge in [0, 0.05) is 13.6 Å². The predicted molar refractivity (Wildman–Crippen MR) is 70.8 cm³/mol. The number of nitrogens with zero attached hydrogens (tertiary/aromatic N) is 2. The van der Waals surface area contributed by atoms with Crippen LogP contribution in [0.3, 0.4) is 0 Å². The highest BCUT2D eigenvalue weighted by Crippen LogP contribution is 2.19. The zero-order valence-electron chi connectivity index (χ0n) is 11.2. The maximum atomic E-state index is 12.0. The average Bonchev–Trinajstić information content (AvgIpc) is 2.37. The normalized spacial score (nSPS) is 12.4. The SMILES string of the molecule is CCC(C)(C)CNS(=O)(=O)c1cnc(NC)nc1. The van der Waals surface area contributed by atoms with Crippen molar-refractivity contribution in [1.29, 1.82) is 0 Å². The molecule has 0 fully saturated rings. The molecule has 0 aliphatic rings. The molecule has 1 heterocycles. The lowest BCUT2D eigenvalue weighted by molar-refractivity contribution is 0.350. The minimum Gasteiger partial charge on any atom is -0.357 e. The van der Waals surface area contributed by atoms with Crippen LogP contribution < -0.4 is 10.0 Å². The van der Waals surface area contributed by atoms with Gasteiger partial charge >= 0.3 is 0 Å². The van der Waals surface area contributed by atoms with Crippen molar-refractivity contribution in [2.24, 2.45) is 5.41 Å². The molecule has 0 saturated carbocycles. The Balaban J connectivity index is 2.80. The molecule has 6 nitrogen and oxygen atoms in total. The molecule has 1 aromatic rings. The van der Waals surface area contributed by atoms with Gasteiger partial charge in [-0.15, -0.1) is 0 Å². The Bertz CT molecular complexity index is 482. The molecule has 7 heteroatoms. The van der Waals surface area contributed by atoms with Crippen molar-refractivity contribution >= 4 is 16.0 Å². The van der Waals surface area contributed by atoms with Gasteiger partial charge in [0.1, 0.15) is 4.90 Å². The molecule has 0 radical (unpaired) electrons. The molecule has 0 aliphatic heterocycles. The molecular weight excluding hydrogens is 252 g/mol. The highest BCUT2D eigenvalue weighted by atomic mass is 32.2. The van der Waals surface area contributed by atoms with Gasteiger partial charge in [-0.1, -0.05) is 20.8 Å². The van der Waals surface area contributed by atoms with Gasteiger partial charge in [0.05, 0.1) is 12.4 Å². The van der Waals surface area contributed by atoms with E-state index >= 15 is 0 Å². The fourth-order valence-corrected chi connectivity index (χ4v) is 2.21. The molecule has 0 unspecified atom stereocenters. The number of hydrogen-bond acceptors (Lipinski definition) is 5. The maximum Gasteiger partial charge on any atom is 0.243 e. The van der Waals surface area contributed by atoms with Gasteiger partial charge in [-0.2, -0.15) is 0 Å². The van der Waals surface area contributed by atoms with Crippen molar-refractivity contribution in [3.63, 3.8) is 0 Å². The Morgan fingerprint density at radius 1 is 1.28 bits per heavy atom. The van der Waals surface area contributed by atoms with Crippen molar-refractivity contribution in [2.75, 3.05) is 18.9 Å². The smallest absolute Gasteiger partial charge is 0.243 e. The Kier molecular flexibility index (Phi) is 4.64. The summed E-state index contributed by atoms with van der Waals surface area (Å²) in [6.45, 7) is 6.44. The molecule has 102 valence electrons. The van der Waals surface area contributed by atoms with Crippen molar-refractivity contribution < 1.29 is 8.42 Å². The first kappa shape index (κ1) is 14.8. The first-order valence-corrected chi connectivity index (χ1v) is 7.28. The van der Waals surface area contributed by atoms with Crippen molar-refractivity contribution in [1.82, 2.24) is 14.7 Å². The van der Waals surface area contributed by atoms with Crippen LogP contribution in [0.25, 0.3) is 0 Å². The topological polar surface area (TPSA) is 84.0 Å². The molecule has 0 aliphatic carbocycles. The van der Waals surface area contributed by atoms with E-state index in [0.29, 0.717) is 12.5 Å². The number of hydrogen-bond donors (Lipinski definition) is 2. The van der Waals surface area contributed by atoms with E-state index in [4.69, 9.17) is 0 Å². The second-order valence-corrected chi connectivity index (χ2v) is 6.60. The fourth-order valence-electron chi connectivity index (χ4n) is 1.08. The minimum atomic E-state index is -3.53. The minimum absolute atomic E-state index is 0.0706. The van der Waals surface area contributed by atoms with Gasteiger partial charge in [-0.05, 0) is 11.8 Å². The van der Waals surface area contributed by atoms with E-state index in [1.165, 1.54) is 12.4 Å². The fraction of sp³-hybridized carbons (Fsp3) is 0.636. The number of anilines is 1. The van der Waals surface area contributed by atoms with Gasteiger partial charge < -0.3 is 5.32 Å². The molecule has 2 N–H and O–H groups in total. The van der Waals surface area contributed by atoms with E-state index in [0.717, 1.165) is 6.42 Å². The van der Waals surface area contributed by atoms with Crippen LogP contribution in [0.15, 0.2) is 17.3 Å². The lowest BCUT2D eigenvalue weighted by atomic mass is 9.91. The first-order chi connectivity index (χ1) is 8.30. The Morgan fingerprint density at radius 3 is 2.28 bits per heavy atom. The number of rotatable bonds is 6. The standard InChI is InChI=1S/C11H20N4O2S/c1-5-11(2,3)8-15-18(16,17)9-6-13-10(12-4)14-7-9/h6-7,15H,5,8H2,1-4H3,(H,12,13,14). The van der Waals surface area contributed by atoms with Crippen LogP contribution in [0, 0.1) is 5.41 Å². The molecule has 0 atom stereocenters. The van der Waals surface area contributed by atoms with Crippen LogP contribution in [-0.4, -0.2) is 32.0 Å². The molecule has 0 spiro atoms. The number of nitrogens with one attached hydrogen (secondary N) is 2. The largest absolute Gasteiger partial charge is 0.357 e. The summed E-state index contributed by atoms with van der Waals surface area (Å²) in [7, 11) is -1.86. The summed E-state index contributed by atoms with van der Waals surface area (Å²) >= 11 is 0. The number of sulfonamides is 1. The third-order valence-corrected chi connectivity index (χ3v) is 4.22. The lowest BCUT2D eigenvalue weighted by Gasteiger charge is -2.22. The second kappa shape index (κ2) is 5.62. The zero-order valence-corrected chi connectivity index (χ0v) is 12.0. The summed E-state index contributed by atoms with van der Waals surface area (Å²) < 4.78 is 26.5. The van der Waals surface area contributed by atoms with Crippen LogP contribution in [0.2, 0.25) is 0 Å². The summed E-state index contributed by atoms with van der Waals surface area (Å²) in [5.41, 5.74) is -0.0706. The molecule has 0 saturated heterocycles. The van der Waals surface area contributed by atoms with Crippen LogP contribution in [0.4, 0.5) is 5.95 Å². The quantitative estimate of drug-likeness (QED) is 0.813. The van der Waals surface area contributed by atoms with E-state index in [-0.39, 0.29) is 10.3 Å². The molecule has 0 aromatic carbocycles. The third kappa shape index (κ3) is 3.92. The first-order valence-electron chi connectivity index (χ1n) is 5.80. The molecule has 0 bridgehead atoms. The second-order valence-electron chi connectivity index (χ2n) is 4.83. The van der Waals surface area contributed by atoms with Crippen LogP contribution >= 0.6 is 0 Å².